The minimum Gasteiger partial charge on any atom is -0.369 e. The van der Waals surface area contributed by atoms with Crippen molar-refractivity contribution in [3.05, 3.63) is 28.2 Å². The molecule has 1 heterocycles. The molecule has 0 saturated carbocycles. The van der Waals surface area contributed by atoms with E-state index in [0.29, 0.717) is 6.04 Å². The summed E-state index contributed by atoms with van der Waals surface area (Å²) in [4.78, 5) is 2.51. The number of hydrogen-bond donors (Lipinski definition) is 1. The summed E-state index contributed by atoms with van der Waals surface area (Å²) < 4.78 is 1.20. The van der Waals surface area contributed by atoms with Crippen molar-refractivity contribution in [3.8, 4) is 0 Å². The SMILES string of the molecule is CCC(N)Cc1ccc(N2CC(C)CC2C)cc1Br. The summed E-state index contributed by atoms with van der Waals surface area (Å²) in [6.45, 7) is 7.96. The molecule has 3 unspecified atom stereocenters. The molecule has 0 amide bonds. The lowest BCUT2D eigenvalue weighted by Crippen LogP contribution is -2.26. The van der Waals surface area contributed by atoms with Gasteiger partial charge in [-0.15, -0.1) is 0 Å². The average molecular weight is 325 g/mol. The second-order valence-corrected chi connectivity index (χ2v) is 6.84. The fourth-order valence-corrected chi connectivity index (χ4v) is 3.50. The van der Waals surface area contributed by atoms with Crippen LogP contribution in [0.2, 0.25) is 0 Å². The van der Waals surface area contributed by atoms with Crippen LogP contribution >= 0.6 is 15.9 Å². The van der Waals surface area contributed by atoms with Gasteiger partial charge in [0.2, 0.25) is 0 Å². The molecule has 1 aliphatic rings. The van der Waals surface area contributed by atoms with E-state index < -0.39 is 0 Å². The summed E-state index contributed by atoms with van der Waals surface area (Å²) in [7, 11) is 0. The van der Waals surface area contributed by atoms with E-state index in [2.05, 4.69) is 59.8 Å². The van der Waals surface area contributed by atoms with E-state index in [1.165, 1.54) is 28.7 Å². The highest BCUT2D eigenvalue weighted by molar-refractivity contribution is 9.10. The standard InChI is InChI=1S/C16H25BrN2/c1-4-14(18)8-13-5-6-15(9-16(13)17)19-10-11(2)7-12(19)3/h5-6,9,11-12,14H,4,7-8,10,18H2,1-3H3. The van der Waals surface area contributed by atoms with Crippen LogP contribution in [-0.4, -0.2) is 18.6 Å². The van der Waals surface area contributed by atoms with Crippen molar-refractivity contribution in [2.75, 3.05) is 11.4 Å². The van der Waals surface area contributed by atoms with E-state index in [4.69, 9.17) is 5.73 Å². The first-order valence-electron chi connectivity index (χ1n) is 7.31. The summed E-state index contributed by atoms with van der Waals surface area (Å²) in [6.07, 6.45) is 3.26. The molecule has 0 spiro atoms. The van der Waals surface area contributed by atoms with Crippen LogP contribution in [0.5, 0.6) is 0 Å². The highest BCUT2D eigenvalue weighted by Crippen LogP contribution is 2.32. The van der Waals surface area contributed by atoms with Crippen LogP contribution < -0.4 is 10.6 Å². The van der Waals surface area contributed by atoms with Crippen LogP contribution in [0.4, 0.5) is 5.69 Å². The van der Waals surface area contributed by atoms with Crippen molar-refractivity contribution in [2.24, 2.45) is 11.7 Å². The Morgan fingerprint density at radius 2 is 2.16 bits per heavy atom. The molecule has 1 saturated heterocycles. The van der Waals surface area contributed by atoms with Crippen molar-refractivity contribution in [2.45, 2.75) is 52.1 Å². The van der Waals surface area contributed by atoms with Crippen molar-refractivity contribution in [1.82, 2.24) is 0 Å². The molecule has 1 aliphatic heterocycles. The molecule has 0 aliphatic carbocycles. The molecule has 2 rings (SSSR count). The molecule has 0 aromatic heterocycles. The Morgan fingerprint density at radius 1 is 1.42 bits per heavy atom. The van der Waals surface area contributed by atoms with Gasteiger partial charge >= 0.3 is 0 Å². The van der Waals surface area contributed by atoms with Gasteiger partial charge in [-0.05, 0) is 49.8 Å². The van der Waals surface area contributed by atoms with Crippen LogP contribution in [0.25, 0.3) is 0 Å². The number of nitrogens with zero attached hydrogens (tertiary/aromatic N) is 1. The molecular formula is C16H25BrN2. The van der Waals surface area contributed by atoms with Crippen LogP contribution in [-0.2, 0) is 6.42 Å². The van der Waals surface area contributed by atoms with Crippen molar-refractivity contribution >= 4 is 21.6 Å². The molecule has 2 N–H and O–H groups in total. The highest BCUT2D eigenvalue weighted by atomic mass is 79.9. The number of hydrogen-bond acceptors (Lipinski definition) is 2. The first kappa shape index (κ1) is 14.9. The predicted octanol–water partition coefficient (Wildman–Crippen LogP) is 3.96. The van der Waals surface area contributed by atoms with E-state index in [-0.39, 0.29) is 6.04 Å². The molecule has 3 atom stereocenters. The van der Waals surface area contributed by atoms with Gasteiger partial charge in [0.05, 0.1) is 0 Å². The van der Waals surface area contributed by atoms with Crippen LogP contribution in [0.15, 0.2) is 22.7 Å². The Bertz CT molecular complexity index is 433. The average Bonchev–Trinajstić information content (AvgIpc) is 2.71. The third-order valence-electron chi connectivity index (χ3n) is 4.16. The van der Waals surface area contributed by atoms with Gasteiger partial charge in [-0.2, -0.15) is 0 Å². The molecule has 19 heavy (non-hydrogen) atoms. The van der Waals surface area contributed by atoms with Crippen LogP contribution in [0.3, 0.4) is 0 Å². The van der Waals surface area contributed by atoms with E-state index in [1.54, 1.807) is 0 Å². The first-order valence-corrected chi connectivity index (χ1v) is 8.11. The number of halogens is 1. The highest BCUT2D eigenvalue weighted by Gasteiger charge is 2.26. The maximum atomic E-state index is 6.04. The molecule has 1 fully saturated rings. The van der Waals surface area contributed by atoms with Gasteiger partial charge in [0.25, 0.3) is 0 Å². The van der Waals surface area contributed by atoms with Crippen molar-refractivity contribution in [3.63, 3.8) is 0 Å². The van der Waals surface area contributed by atoms with Gasteiger partial charge in [-0.1, -0.05) is 35.8 Å². The lowest BCUT2D eigenvalue weighted by molar-refractivity contribution is 0.625. The van der Waals surface area contributed by atoms with Crippen molar-refractivity contribution < 1.29 is 0 Å². The molecule has 2 nitrogen and oxygen atoms in total. The number of benzene rings is 1. The monoisotopic (exact) mass is 324 g/mol. The van der Waals surface area contributed by atoms with E-state index >= 15 is 0 Å². The summed E-state index contributed by atoms with van der Waals surface area (Å²) in [5.41, 5.74) is 8.69. The fraction of sp³-hybridized carbons (Fsp3) is 0.625. The molecule has 1 aromatic carbocycles. The van der Waals surface area contributed by atoms with E-state index in [9.17, 15) is 0 Å². The third-order valence-corrected chi connectivity index (χ3v) is 4.90. The van der Waals surface area contributed by atoms with Crippen LogP contribution in [0.1, 0.15) is 39.2 Å². The quantitative estimate of drug-likeness (QED) is 0.908. The minimum atomic E-state index is 0.257. The van der Waals surface area contributed by atoms with E-state index in [0.717, 1.165) is 18.8 Å². The Balaban J connectivity index is 2.14. The van der Waals surface area contributed by atoms with Crippen molar-refractivity contribution in [1.29, 1.82) is 0 Å². The Kier molecular flexibility index (Phi) is 4.91. The van der Waals surface area contributed by atoms with Gasteiger partial charge in [0.1, 0.15) is 0 Å². The van der Waals surface area contributed by atoms with Gasteiger partial charge in [-0.25, -0.2) is 0 Å². The Hall–Kier alpha value is -0.540. The maximum absolute atomic E-state index is 6.04. The maximum Gasteiger partial charge on any atom is 0.0380 e. The number of rotatable bonds is 4. The third kappa shape index (κ3) is 3.51. The number of nitrogens with two attached hydrogens (primary N) is 1. The normalized spacial score (nSPS) is 24.8. The van der Waals surface area contributed by atoms with E-state index in [1.807, 2.05) is 0 Å². The molecule has 1 aromatic rings. The topological polar surface area (TPSA) is 29.3 Å². The zero-order valence-corrected chi connectivity index (χ0v) is 13.8. The fourth-order valence-electron chi connectivity index (χ4n) is 2.97. The number of anilines is 1. The van der Waals surface area contributed by atoms with Crippen LogP contribution in [0, 0.1) is 5.92 Å². The molecule has 3 heteroatoms. The minimum absolute atomic E-state index is 0.257. The van der Waals surface area contributed by atoms with Gasteiger partial charge in [-0.3, -0.25) is 0 Å². The summed E-state index contributed by atoms with van der Waals surface area (Å²) in [6, 6.07) is 7.63. The molecule has 0 radical (unpaired) electrons. The molecule has 106 valence electrons. The lowest BCUT2D eigenvalue weighted by atomic mass is 10.0. The molecular weight excluding hydrogens is 300 g/mol. The zero-order chi connectivity index (χ0) is 14.0. The summed E-state index contributed by atoms with van der Waals surface area (Å²) in [5, 5.41) is 0. The second kappa shape index (κ2) is 6.27. The summed E-state index contributed by atoms with van der Waals surface area (Å²) in [5.74, 6) is 0.793. The van der Waals surface area contributed by atoms with Gasteiger partial charge in [0.15, 0.2) is 0 Å². The molecule has 0 bridgehead atoms. The second-order valence-electron chi connectivity index (χ2n) is 5.99. The summed E-state index contributed by atoms with van der Waals surface area (Å²) >= 11 is 3.70. The van der Waals surface area contributed by atoms with Gasteiger partial charge in [0, 0.05) is 28.8 Å². The predicted molar refractivity (Wildman–Crippen MR) is 86.7 cm³/mol. The first-order chi connectivity index (χ1) is 9.01. The van der Waals surface area contributed by atoms with Gasteiger partial charge < -0.3 is 10.6 Å². The Morgan fingerprint density at radius 3 is 2.68 bits per heavy atom. The lowest BCUT2D eigenvalue weighted by Gasteiger charge is -2.25. The largest absolute Gasteiger partial charge is 0.369 e. The smallest absolute Gasteiger partial charge is 0.0380 e. The Labute approximate surface area is 125 Å². The zero-order valence-electron chi connectivity index (χ0n) is 12.2.